The molecule has 0 fully saturated rings. The van der Waals surface area contributed by atoms with Gasteiger partial charge in [-0.25, -0.2) is 0 Å². The SMILES string of the molecule is CCC(CC)C(=O)Nc1ccc2c(c1)CCCN2C(=O)c1cccs1. The van der Waals surface area contributed by atoms with E-state index in [9.17, 15) is 9.59 Å². The number of amides is 2. The third-order valence-electron chi connectivity index (χ3n) is 4.80. The summed E-state index contributed by atoms with van der Waals surface area (Å²) in [4.78, 5) is 27.6. The summed E-state index contributed by atoms with van der Waals surface area (Å²) in [6.45, 7) is 4.81. The number of rotatable bonds is 5. The molecule has 0 aliphatic carbocycles. The summed E-state index contributed by atoms with van der Waals surface area (Å²) in [5, 5.41) is 4.95. The maximum Gasteiger partial charge on any atom is 0.268 e. The minimum Gasteiger partial charge on any atom is -0.326 e. The first-order chi connectivity index (χ1) is 12.1. The van der Waals surface area contributed by atoms with E-state index in [1.807, 2.05) is 54.5 Å². The molecule has 1 aromatic carbocycles. The van der Waals surface area contributed by atoms with Gasteiger partial charge in [0.1, 0.15) is 0 Å². The van der Waals surface area contributed by atoms with Gasteiger partial charge in [-0.15, -0.1) is 11.3 Å². The Bertz CT molecular complexity index is 751. The van der Waals surface area contributed by atoms with E-state index in [1.165, 1.54) is 11.3 Å². The zero-order valence-corrected chi connectivity index (χ0v) is 15.6. The highest BCUT2D eigenvalue weighted by Gasteiger charge is 2.24. The van der Waals surface area contributed by atoms with Gasteiger partial charge in [-0.1, -0.05) is 19.9 Å². The number of carbonyl (C=O) groups excluding carboxylic acids is 2. The van der Waals surface area contributed by atoms with Crippen molar-refractivity contribution in [2.24, 2.45) is 5.92 Å². The summed E-state index contributed by atoms with van der Waals surface area (Å²) in [5.41, 5.74) is 2.91. The lowest BCUT2D eigenvalue weighted by Gasteiger charge is -2.29. The number of benzene rings is 1. The number of nitrogens with zero attached hydrogens (tertiary/aromatic N) is 1. The Labute approximate surface area is 152 Å². The quantitative estimate of drug-likeness (QED) is 0.843. The molecule has 3 rings (SSSR count). The number of aryl methyl sites for hydroxylation is 1. The van der Waals surface area contributed by atoms with Crippen LogP contribution >= 0.6 is 11.3 Å². The van der Waals surface area contributed by atoms with Crippen LogP contribution < -0.4 is 10.2 Å². The van der Waals surface area contributed by atoms with E-state index in [1.54, 1.807) is 0 Å². The second-order valence-corrected chi connectivity index (χ2v) is 7.33. The lowest BCUT2D eigenvalue weighted by molar-refractivity contribution is -0.120. The van der Waals surface area contributed by atoms with Gasteiger partial charge in [-0.3, -0.25) is 9.59 Å². The van der Waals surface area contributed by atoms with Crippen LogP contribution in [0.4, 0.5) is 11.4 Å². The van der Waals surface area contributed by atoms with Crippen LogP contribution in [-0.2, 0) is 11.2 Å². The summed E-state index contributed by atoms with van der Waals surface area (Å²) in [6.07, 6.45) is 3.55. The van der Waals surface area contributed by atoms with Crippen LogP contribution in [0.15, 0.2) is 35.7 Å². The lowest BCUT2D eigenvalue weighted by Crippen LogP contribution is -2.35. The van der Waals surface area contributed by atoms with Gasteiger partial charge in [0.05, 0.1) is 4.88 Å². The largest absolute Gasteiger partial charge is 0.326 e. The fraction of sp³-hybridized carbons (Fsp3) is 0.400. The van der Waals surface area contributed by atoms with E-state index < -0.39 is 0 Å². The molecule has 0 saturated heterocycles. The number of nitrogens with one attached hydrogen (secondary N) is 1. The minimum absolute atomic E-state index is 0.0490. The highest BCUT2D eigenvalue weighted by molar-refractivity contribution is 7.12. The van der Waals surface area contributed by atoms with Gasteiger partial charge in [0.2, 0.25) is 5.91 Å². The van der Waals surface area contributed by atoms with E-state index >= 15 is 0 Å². The van der Waals surface area contributed by atoms with E-state index in [2.05, 4.69) is 5.32 Å². The second-order valence-electron chi connectivity index (χ2n) is 6.38. The van der Waals surface area contributed by atoms with E-state index in [0.717, 1.165) is 54.0 Å². The van der Waals surface area contributed by atoms with Crippen molar-refractivity contribution in [2.75, 3.05) is 16.8 Å². The minimum atomic E-state index is 0.0490. The zero-order valence-electron chi connectivity index (χ0n) is 14.7. The molecular formula is C20H24N2O2S. The van der Waals surface area contributed by atoms with Crippen molar-refractivity contribution in [3.05, 3.63) is 46.2 Å². The van der Waals surface area contributed by atoms with Crippen LogP contribution in [0.25, 0.3) is 0 Å². The van der Waals surface area contributed by atoms with Crippen LogP contribution in [0, 0.1) is 5.92 Å². The Morgan fingerprint density at radius 2 is 2.04 bits per heavy atom. The lowest BCUT2D eigenvalue weighted by atomic mass is 9.99. The van der Waals surface area contributed by atoms with Crippen LogP contribution in [0.2, 0.25) is 0 Å². The molecule has 5 heteroatoms. The number of hydrogen-bond acceptors (Lipinski definition) is 3. The molecule has 0 bridgehead atoms. The third kappa shape index (κ3) is 3.76. The predicted octanol–water partition coefficient (Wildman–Crippen LogP) is 4.72. The first kappa shape index (κ1) is 17.7. The first-order valence-electron chi connectivity index (χ1n) is 8.93. The normalized spacial score (nSPS) is 13.6. The summed E-state index contributed by atoms with van der Waals surface area (Å²) in [7, 11) is 0. The van der Waals surface area contributed by atoms with Crippen molar-refractivity contribution >= 4 is 34.5 Å². The zero-order chi connectivity index (χ0) is 17.8. The molecule has 4 nitrogen and oxygen atoms in total. The van der Waals surface area contributed by atoms with Gasteiger partial charge in [0.15, 0.2) is 0 Å². The monoisotopic (exact) mass is 356 g/mol. The standard InChI is InChI=1S/C20H24N2O2S/c1-3-14(4-2)19(23)21-16-9-10-17-15(13-16)7-5-11-22(17)20(24)18-8-6-12-25-18/h6,8-10,12-14H,3-5,7,11H2,1-2H3,(H,21,23). The fourth-order valence-corrected chi connectivity index (χ4v) is 3.99. The van der Waals surface area contributed by atoms with Gasteiger partial charge >= 0.3 is 0 Å². The Balaban J connectivity index is 1.80. The Morgan fingerprint density at radius 1 is 1.24 bits per heavy atom. The summed E-state index contributed by atoms with van der Waals surface area (Å²) < 4.78 is 0. The van der Waals surface area contributed by atoms with E-state index in [-0.39, 0.29) is 17.7 Å². The molecule has 1 aliphatic heterocycles. The third-order valence-corrected chi connectivity index (χ3v) is 5.66. The molecule has 0 saturated carbocycles. The number of thiophene rings is 1. The molecule has 2 aromatic rings. The predicted molar refractivity (Wildman–Crippen MR) is 103 cm³/mol. The maximum atomic E-state index is 12.7. The summed E-state index contributed by atoms with van der Waals surface area (Å²) >= 11 is 1.47. The van der Waals surface area contributed by atoms with Crippen LogP contribution in [0.5, 0.6) is 0 Å². The number of hydrogen-bond donors (Lipinski definition) is 1. The highest BCUT2D eigenvalue weighted by Crippen LogP contribution is 2.31. The fourth-order valence-electron chi connectivity index (χ4n) is 3.32. The summed E-state index contributed by atoms with van der Waals surface area (Å²) in [5.74, 6) is 0.185. The van der Waals surface area contributed by atoms with Crippen molar-refractivity contribution in [1.82, 2.24) is 0 Å². The molecule has 132 valence electrons. The summed E-state index contributed by atoms with van der Waals surface area (Å²) in [6, 6.07) is 9.65. The average molecular weight is 356 g/mol. The highest BCUT2D eigenvalue weighted by atomic mass is 32.1. The van der Waals surface area contributed by atoms with Crippen molar-refractivity contribution < 1.29 is 9.59 Å². The van der Waals surface area contributed by atoms with Gasteiger partial charge in [0.25, 0.3) is 5.91 Å². The molecular weight excluding hydrogens is 332 g/mol. The van der Waals surface area contributed by atoms with Crippen LogP contribution in [0.1, 0.15) is 48.3 Å². The van der Waals surface area contributed by atoms with Crippen molar-refractivity contribution in [2.45, 2.75) is 39.5 Å². The molecule has 1 aliphatic rings. The number of carbonyl (C=O) groups is 2. The van der Waals surface area contributed by atoms with Gasteiger partial charge in [-0.05, 0) is 60.9 Å². The first-order valence-corrected chi connectivity index (χ1v) is 9.81. The molecule has 1 N–H and O–H groups in total. The molecule has 0 unspecified atom stereocenters. The average Bonchev–Trinajstić information content (AvgIpc) is 3.16. The van der Waals surface area contributed by atoms with Crippen LogP contribution in [-0.4, -0.2) is 18.4 Å². The molecule has 2 heterocycles. The molecule has 0 atom stereocenters. The molecule has 25 heavy (non-hydrogen) atoms. The number of fused-ring (bicyclic) bond motifs is 1. The van der Waals surface area contributed by atoms with Gasteiger partial charge in [-0.2, -0.15) is 0 Å². The van der Waals surface area contributed by atoms with Gasteiger partial charge in [0, 0.05) is 23.8 Å². The molecule has 0 spiro atoms. The molecule has 0 radical (unpaired) electrons. The Kier molecular flexibility index (Phi) is 5.53. The van der Waals surface area contributed by atoms with Crippen molar-refractivity contribution in [3.63, 3.8) is 0 Å². The van der Waals surface area contributed by atoms with Crippen molar-refractivity contribution in [1.29, 1.82) is 0 Å². The van der Waals surface area contributed by atoms with Gasteiger partial charge < -0.3 is 10.2 Å². The smallest absolute Gasteiger partial charge is 0.268 e. The Morgan fingerprint density at radius 3 is 2.72 bits per heavy atom. The second kappa shape index (κ2) is 7.83. The van der Waals surface area contributed by atoms with Crippen LogP contribution in [0.3, 0.4) is 0 Å². The van der Waals surface area contributed by atoms with E-state index in [4.69, 9.17) is 0 Å². The molecule has 1 aromatic heterocycles. The van der Waals surface area contributed by atoms with E-state index in [0.29, 0.717) is 0 Å². The Hall–Kier alpha value is -2.14. The number of anilines is 2. The maximum absolute atomic E-state index is 12.7. The molecule has 2 amide bonds. The topological polar surface area (TPSA) is 49.4 Å². The van der Waals surface area contributed by atoms with Crippen molar-refractivity contribution in [3.8, 4) is 0 Å².